The van der Waals surface area contributed by atoms with Crippen LogP contribution in [-0.2, 0) is 11.3 Å². The summed E-state index contributed by atoms with van der Waals surface area (Å²) in [4.78, 5) is 11.5. The molecule has 0 atom stereocenters. The quantitative estimate of drug-likeness (QED) is 0.874. The zero-order valence-corrected chi connectivity index (χ0v) is 12.2. The van der Waals surface area contributed by atoms with Crippen LogP contribution in [0.5, 0.6) is 0 Å². The average Bonchev–Trinajstić information content (AvgIpc) is 2.58. The smallest absolute Gasteiger partial charge is 0.408 e. The lowest BCUT2D eigenvalue weighted by molar-refractivity contribution is 0.141. The summed E-state index contributed by atoms with van der Waals surface area (Å²) < 4.78 is 5.09. The first-order chi connectivity index (χ1) is 10.8. The molecule has 2 aromatic carbocycles. The molecule has 0 aliphatic rings. The van der Waals surface area contributed by atoms with Crippen molar-refractivity contribution in [2.75, 3.05) is 6.54 Å². The average molecular weight is 291 g/mol. The Balaban J connectivity index is 1.78. The topological polar surface area (TPSA) is 38.3 Å². The molecule has 1 amide bonds. The molecule has 1 N–H and O–H groups in total. The Hall–Kier alpha value is -2.99. The van der Waals surface area contributed by atoms with Crippen LogP contribution in [-0.4, -0.2) is 12.6 Å². The number of benzene rings is 2. The third-order valence-electron chi connectivity index (χ3n) is 2.94. The maximum atomic E-state index is 11.5. The molecule has 3 heteroatoms. The number of amides is 1. The molecule has 0 saturated carbocycles. The predicted octanol–water partition coefficient (Wildman–Crippen LogP) is 3.61. The standard InChI is InChI=1S/C19H17NO2/c1-2-17-11-6-7-12-18(17)13-8-14-20-19(21)22-15-16-9-4-3-5-10-16/h2-7,9-12H,1,14-15H2,(H,20,21). The Morgan fingerprint density at radius 3 is 2.64 bits per heavy atom. The van der Waals surface area contributed by atoms with Crippen molar-refractivity contribution in [2.45, 2.75) is 6.61 Å². The molecule has 0 bridgehead atoms. The van der Waals surface area contributed by atoms with Gasteiger partial charge in [-0.15, -0.1) is 0 Å². The Bertz CT molecular complexity index is 696. The van der Waals surface area contributed by atoms with Crippen LogP contribution in [0.3, 0.4) is 0 Å². The molecule has 0 aromatic heterocycles. The molecule has 0 radical (unpaired) electrons. The van der Waals surface area contributed by atoms with E-state index in [0.29, 0.717) is 0 Å². The van der Waals surface area contributed by atoms with Crippen molar-refractivity contribution in [1.29, 1.82) is 0 Å². The van der Waals surface area contributed by atoms with Crippen LogP contribution in [0.15, 0.2) is 61.2 Å². The number of rotatable bonds is 4. The van der Waals surface area contributed by atoms with Gasteiger partial charge in [0.05, 0.1) is 6.54 Å². The highest BCUT2D eigenvalue weighted by Gasteiger charge is 2.00. The van der Waals surface area contributed by atoms with Crippen LogP contribution in [0.4, 0.5) is 4.79 Å². The summed E-state index contributed by atoms with van der Waals surface area (Å²) >= 11 is 0. The van der Waals surface area contributed by atoms with E-state index in [1.54, 1.807) is 6.08 Å². The largest absolute Gasteiger partial charge is 0.445 e. The van der Waals surface area contributed by atoms with Crippen LogP contribution in [0.25, 0.3) is 6.08 Å². The molecule has 2 rings (SSSR count). The Morgan fingerprint density at radius 2 is 1.86 bits per heavy atom. The zero-order valence-electron chi connectivity index (χ0n) is 12.2. The van der Waals surface area contributed by atoms with Crippen molar-refractivity contribution < 1.29 is 9.53 Å². The maximum Gasteiger partial charge on any atom is 0.408 e. The summed E-state index contributed by atoms with van der Waals surface area (Å²) in [5, 5.41) is 2.60. The summed E-state index contributed by atoms with van der Waals surface area (Å²) in [6.45, 7) is 4.23. The maximum absolute atomic E-state index is 11.5. The second-order valence-corrected chi connectivity index (χ2v) is 4.51. The molecule has 110 valence electrons. The van der Waals surface area contributed by atoms with E-state index in [4.69, 9.17) is 4.74 Å². The van der Waals surface area contributed by atoms with Gasteiger partial charge in [0, 0.05) is 5.56 Å². The minimum atomic E-state index is -0.477. The predicted molar refractivity (Wildman–Crippen MR) is 88.0 cm³/mol. The third kappa shape index (κ3) is 4.84. The van der Waals surface area contributed by atoms with Crippen LogP contribution >= 0.6 is 0 Å². The first-order valence-electron chi connectivity index (χ1n) is 6.94. The van der Waals surface area contributed by atoms with Gasteiger partial charge in [-0.3, -0.25) is 0 Å². The van der Waals surface area contributed by atoms with E-state index in [9.17, 15) is 4.79 Å². The van der Waals surface area contributed by atoms with Gasteiger partial charge >= 0.3 is 6.09 Å². The summed E-state index contributed by atoms with van der Waals surface area (Å²) in [5.74, 6) is 5.90. The molecule has 0 fully saturated rings. The van der Waals surface area contributed by atoms with Gasteiger partial charge in [0.1, 0.15) is 6.61 Å². The third-order valence-corrected chi connectivity index (χ3v) is 2.94. The number of hydrogen-bond donors (Lipinski definition) is 1. The fourth-order valence-electron chi connectivity index (χ4n) is 1.82. The lowest BCUT2D eigenvalue weighted by Gasteiger charge is -2.04. The fourth-order valence-corrected chi connectivity index (χ4v) is 1.82. The van der Waals surface area contributed by atoms with Crippen LogP contribution in [0, 0.1) is 11.8 Å². The lowest BCUT2D eigenvalue weighted by atomic mass is 10.1. The minimum Gasteiger partial charge on any atom is -0.445 e. The van der Waals surface area contributed by atoms with E-state index in [2.05, 4.69) is 23.7 Å². The van der Waals surface area contributed by atoms with Gasteiger partial charge in [-0.1, -0.05) is 73.0 Å². The Morgan fingerprint density at radius 1 is 1.14 bits per heavy atom. The van der Waals surface area contributed by atoms with Gasteiger partial charge in [0.25, 0.3) is 0 Å². The summed E-state index contributed by atoms with van der Waals surface area (Å²) in [5.41, 5.74) is 2.81. The van der Waals surface area contributed by atoms with E-state index in [0.717, 1.165) is 16.7 Å². The number of hydrogen-bond acceptors (Lipinski definition) is 2. The molecule has 0 spiro atoms. The van der Waals surface area contributed by atoms with Gasteiger partial charge in [0.2, 0.25) is 0 Å². The Labute approximate surface area is 130 Å². The number of alkyl carbamates (subject to hydrolysis) is 1. The molecule has 0 unspecified atom stereocenters. The van der Waals surface area contributed by atoms with Gasteiger partial charge < -0.3 is 10.1 Å². The van der Waals surface area contributed by atoms with Crippen LogP contribution < -0.4 is 5.32 Å². The van der Waals surface area contributed by atoms with Crippen molar-refractivity contribution >= 4 is 12.2 Å². The monoisotopic (exact) mass is 291 g/mol. The molecule has 22 heavy (non-hydrogen) atoms. The van der Waals surface area contributed by atoms with E-state index < -0.39 is 6.09 Å². The van der Waals surface area contributed by atoms with Gasteiger partial charge in [-0.2, -0.15) is 0 Å². The van der Waals surface area contributed by atoms with Crippen LogP contribution in [0.2, 0.25) is 0 Å². The number of ether oxygens (including phenoxy) is 1. The van der Waals surface area contributed by atoms with Crippen molar-refractivity contribution in [2.24, 2.45) is 0 Å². The molecule has 3 nitrogen and oxygen atoms in total. The highest BCUT2D eigenvalue weighted by atomic mass is 16.5. The SMILES string of the molecule is C=Cc1ccccc1C#CCNC(=O)OCc1ccccc1. The molecule has 2 aromatic rings. The summed E-state index contributed by atoms with van der Waals surface area (Å²) in [7, 11) is 0. The number of carbonyl (C=O) groups is 1. The molecular weight excluding hydrogens is 274 g/mol. The summed E-state index contributed by atoms with van der Waals surface area (Å²) in [6.07, 6.45) is 1.28. The minimum absolute atomic E-state index is 0.235. The van der Waals surface area contributed by atoms with Gasteiger partial charge in [0.15, 0.2) is 0 Å². The van der Waals surface area contributed by atoms with Crippen molar-refractivity contribution in [1.82, 2.24) is 5.32 Å². The highest BCUT2D eigenvalue weighted by molar-refractivity contribution is 5.67. The van der Waals surface area contributed by atoms with Gasteiger partial charge in [-0.05, 0) is 17.2 Å². The van der Waals surface area contributed by atoms with E-state index in [1.165, 1.54) is 0 Å². The zero-order chi connectivity index (χ0) is 15.6. The number of nitrogens with one attached hydrogen (secondary N) is 1. The van der Waals surface area contributed by atoms with Crippen molar-refractivity contribution in [3.8, 4) is 11.8 Å². The molecular formula is C19H17NO2. The van der Waals surface area contributed by atoms with E-state index in [1.807, 2.05) is 54.6 Å². The van der Waals surface area contributed by atoms with Gasteiger partial charge in [-0.25, -0.2) is 4.79 Å². The number of carbonyl (C=O) groups excluding carboxylic acids is 1. The molecule has 0 aliphatic carbocycles. The molecule has 0 aliphatic heterocycles. The van der Waals surface area contributed by atoms with Crippen molar-refractivity contribution in [3.63, 3.8) is 0 Å². The first-order valence-corrected chi connectivity index (χ1v) is 6.94. The second-order valence-electron chi connectivity index (χ2n) is 4.51. The van der Waals surface area contributed by atoms with Crippen LogP contribution in [0.1, 0.15) is 16.7 Å². The summed E-state index contributed by atoms with van der Waals surface area (Å²) in [6, 6.07) is 17.2. The van der Waals surface area contributed by atoms with E-state index >= 15 is 0 Å². The fraction of sp³-hybridized carbons (Fsp3) is 0.105. The molecule has 0 saturated heterocycles. The van der Waals surface area contributed by atoms with Crippen molar-refractivity contribution in [3.05, 3.63) is 77.9 Å². The lowest BCUT2D eigenvalue weighted by Crippen LogP contribution is -2.24. The first kappa shape index (κ1) is 15.4. The highest BCUT2D eigenvalue weighted by Crippen LogP contribution is 2.07. The molecule has 0 heterocycles. The Kier molecular flexibility index (Phi) is 5.83. The second kappa shape index (κ2) is 8.33. The normalized spacial score (nSPS) is 9.27. The van der Waals surface area contributed by atoms with E-state index in [-0.39, 0.29) is 13.2 Å².